The molecule has 0 aromatic heterocycles. The van der Waals surface area contributed by atoms with Crippen molar-refractivity contribution in [2.24, 2.45) is 11.3 Å². The molecular formula is C21H33N3. The molecule has 0 N–H and O–H groups in total. The van der Waals surface area contributed by atoms with Crippen LogP contribution in [0, 0.1) is 11.3 Å². The van der Waals surface area contributed by atoms with E-state index in [4.69, 9.17) is 0 Å². The summed E-state index contributed by atoms with van der Waals surface area (Å²) in [4.78, 5) is 8.77. The average molecular weight is 328 g/mol. The topological polar surface area (TPSA) is 9.72 Å². The van der Waals surface area contributed by atoms with Crippen LogP contribution in [0.15, 0.2) is 11.6 Å². The van der Waals surface area contributed by atoms with Crippen LogP contribution in [-0.4, -0.2) is 65.7 Å². The van der Waals surface area contributed by atoms with Crippen molar-refractivity contribution in [3.8, 4) is 0 Å². The number of fused-ring (bicyclic) bond motifs is 4. The molecule has 3 unspecified atom stereocenters. The van der Waals surface area contributed by atoms with Crippen molar-refractivity contribution in [3.05, 3.63) is 11.6 Å². The van der Waals surface area contributed by atoms with Crippen molar-refractivity contribution in [3.63, 3.8) is 0 Å². The predicted octanol–water partition coefficient (Wildman–Crippen LogP) is 3.08. The number of hydrogen-bond donors (Lipinski definition) is 0. The Morgan fingerprint density at radius 2 is 1.71 bits per heavy atom. The number of piperidine rings is 4. The molecule has 5 aliphatic heterocycles. The summed E-state index contributed by atoms with van der Waals surface area (Å²) in [5, 5.41) is 0. The molecule has 5 fully saturated rings. The lowest BCUT2D eigenvalue weighted by atomic mass is 9.54. The average Bonchev–Trinajstić information content (AvgIpc) is 2.62. The molecule has 0 saturated carbocycles. The molecule has 0 aromatic rings. The molecule has 1 spiro atoms. The molecule has 1 aliphatic carbocycles. The Labute approximate surface area is 147 Å². The van der Waals surface area contributed by atoms with E-state index in [0.717, 1.165) is 24.0 Å². The molecule has 6 rings (SSSR count). The SMILES string of the molecule is C1=C2CCCN3CN4CCCCC4[C@]4(C[C@@H]1C1CCCCN1C4)C23. The van der Waals surface area contributed by atoms with Crippen LogP contribution < -0.4 is 0 Å². The van der Waals surface area contributed by atoms with Gasteiger partial charge in [-0.05, 0) is 64.0 Å². The first-order valence-corrected chi connectivity index (χ1v) is 10.8. The fourth-order valence-electron chi connectivity index (χ4n) is 7.87. The molecular weight excluding hydrogens is 294 g/mol. The van der Waals surface area contributed by atoms with Gasteiger partial charge >= 0.3 is 0 Å². The van der Waals surface area contributed by atoms with Gasteiger partial charge < -0.3 is 0 Å². The minimum atomic E-state index is 0.557. The molecule has 132 valence electrons. The third-order valence-corrected chi connectivity index (χ3v) is 8.51. The molecule has 0 aromatic carbocycles. The number of hydrogen-bond acceptors (Lipinski definition) is 3. The Morgan fingerprint density at radius 1 is 0.875 bits per heavy atom. The van der Waals surface area contributed by atoms with Crippen molar-refractivity contribution in [2.75, 3.05) is 32.8 Å². The largest absolute Gasteiger partial charge is 0.299 e. The summed E-state index contributed by atoms with van der Waals surface area (Å²) < 4.78 is 0. The normalized spacial score (nSPS) is 48.9. The predicted molar refractivity (Wildman–Crippen MR) is 96.8 cm³/mol. The van der Waals surface area contributed by atoms with Crippen LogP contribution in [-0.2, 0) is 0 Å². The zero-order valence-electron chi connectivity index (χ0n) is 15.1. The Hall–Kier alpha value is -0.380. The van der Waals surface area contributed by atoms with E-state index in [2.05, 4.69) is 20.8 Å². The molecule has 6 aliphatic rings. The van der Waals surface area contributed by atoms with Gasteiger partial charge in [-0.1, -0.05) is 24.5 Å². The van der Waals surface area contributed by atoms with Gasteiger partial charge in [0.2, 0.25) is 0 Å². The van der Waals surface area contributed by atoms with E-state index in [1.54, 1.807) is 0 Å². The van der Waals surface area contributed by atoms with Gasteiger partial charge in [-0.15, -0.1) is 0 Å². The first-order chi connectivity index (χ1) is 11.9. The van der Waals surface area contributed by atoms with E-state index in [1.165, 1.54) is 90.6 Å². The van der Waals surface area contributed by atoms with Crippen molar-refractivity contribution < 1.29 is 0 Å². The fourth-order valence-corrected chi connectivity index (χ4v) is 7.87. The zero-order valence-corrected chi connectivity index (χ0v) is 15.1. The molecule has 0 radical (unpaired) electrons. The highest BCUT2D eigenvalue weighted by Gasteiger charge is 2.61. The van der Waals surface area contributed by atoms with E-state index in [-0.39, 0.29) is 0 Å². The summed E-state index contributed by atoms with van der Waals surface area (Å²) in [7, 11) is 0. The van der Waals surface area contributed by atoms with Crippen LogP contribution in [0.3, 0.4) is 0 Å². The van der Waals surface area contributed by atoms with E-state index in [9.17, 15) is 0 Å². The Balaban J connectivity index is 1.47. The summed E-state index contributed by atoms with van der Waals surface area (Å²) >= 11 is 0. The van der Waals surface area contributed by atoms with Crippen LogP contribution >= 0.6 is 0 Å². The first-order valence-electron chi connectivity index (χ1n) is 10.8. The second kappa shape index (κ2) is 5.31. The summed E-state index contributed by atoms with van der Waals surface area (Å²) in [6.07, 6.45) is 15.9. The Kier molecular flexibility index (Phi) is 3.26. The molecule has 5 saturated heterocycles. The zero-order chi connectivity index (χ0) is 15.7. The Bertz CT molecular complexity index is 557. The van der Waals surface area contributed by atoms with E-state index in [0.29, 0.717) is 5.41 Å². The van der Waals surface area contributed by atoms with E-state index in [1.807, 2.05) is 5.57 Å². The monoisotopic (exact) mass is 327 g/mol. The number of rotatable bonds is 0. The number of nitrogens with zero attached hydrogens (tertiary/aromatic N) is 3. The Morgan fingerprint density at radius 3 is 2.67 bits per heavy atom. The highest BCUT2D eigenvalue weighted by molar-refractivity contribution is 5.31. The van der Waals surface area contributed by atoms with Crippen molar-refractivity contribution in [2.45, 2.75) is 75.9 Å². The molecule has 2 bridgehead atoms. The van der Waals surface area contributed by atoms with Crippen molar-refractivity contribution in [1.82, 2.24) is 14.7 Å². The third kappa shape index (κ3) is 1.90. The molecule has 5 atom stereocenters. The lowest BCUT2D eigenvalue weighted by Gasteiger charge is -2.68. The van der Waals surface area contributed by atoms with Crippen LogP contribution in [0.2, 0.25) is 0 Å². The summed E-state index contributed by atoms with van der Waals surface area (Å²) in [5.41, 5.74) is 2.43. The lowest BCUT2D eigenvalue weighted by molar-refractivity contribution is -0.165. The van der Waals surface area contributed by atoms with E-state index >= 15 is 0 Å². The maximum Gasteiger partial charge on any atom is 0.0514 e. The van der Waals surface area contributed by atoms with Crippen LogP contribution in [0.5, 0.6) is 0 Å². The van der Waals surface area contributed by atoms with Crippen molar-refractivity contribution >= 4 is 0 Å². The minimum absolute atomic E-state index is 0.557. The first kappa shape index (κ1) is 14.8. The van der Waals surface area contributed by atoms with Gasteiger partial charge in [0.25, 0.3) is 0 Å². The second-order valence-corrected chi connectivity index (χ2v) is 9.66. The summed E-state index contributed by atoms with van der Waals surface area (Å²) in [6.45, 7) is 6.77. The summed E-state index contributed by atoms with van der Waals surface area (Å²) in [6, 6.07) is 2.55. The van der Waals surface area contributed by atoms with Gasteiger partial charge in [0.15, 0.2) is 0 Å². The molecule has 0 amide bonds. The molecule has 24 heavy (non-hydrogen) atoms. The second-order valence-electron chi connectivity index (χ2n) is 9.66. The van der Waals surface area contributed by atoms with Crippen LogP contribution in [0.4, 0.5) is 0 Å². The van der Waals surface area contributed by atoms with Gasteiger partial charge in [0.1, 0.15) is 0 Å². The maximum atomic E-state index is 2.95. The van der Waals surface area contributed by atoms with Crippen LogP contribution in [0.25, 0.3) is 0 Å². The smallest absolute Gasteiger partial charge is 0.0514 e. The highest BCUT2D eigenvalue weighted by atomic mass is 15.4. The van der Waals surface area contributed by atoms with Gasteiger partial charge in [0, 0.05) is 36.6 Å². The maximum absolute atomic E-state index is 2.95. The minimum Gasteiger partial charge on any atom is -0.299 e. The van der Waals surface area contributed by atoms with Crippen LogP contribution in [0.1, 0.15) is 57.8 Å². The van der Waals surface area contributed by atoms with Gasteiger partial charge in [-0.3, -0.25) is 14.7 Å². The van der Waals surface area contributed by atoms with E-state index < -0.39 is 0 Å². The molecule has 3 nitrogen and oxygen atoms in total. The quantitative estimate of drug-likeness (QED) is 0.633. The van der Waals surface area contributed by atoms with Crippen molar-refractivity contribution in [1.29, 1.82) is 0 Å². The fraction of sp³-hybridized carbons (Fsp3) is 0.905. The molecule has 5 heterocycles. The van der Waals surface area contributed by atoms with Gasteiger partial charge in [0.05, 0.1) is 6.67 Å². The third-order valence-electron chi connectivity index (χ3n) is 8.51. The standard InChI is InChI=1S/C21H33N3/c1-3-9-22-14-21-13-17(18(22)7-1)12-16-6-5-11-24(20(16)21)15-23-10-4-2-8-19(21)23/h12,17-20H,1-11,13-15H2/t17-,18?,19?,20?,21-/m1/s1. The summed E-state index contributed by atoms with van der Waals surface area (Å²) in [5.74, 6) is 0.868. The van der Waals surface area contributed by atoms with Gasteiger partial charge in [-0.25, -0.2) is 0 Å². The molecule has 3 heteroatoms. The highest BCUT2D eigenvalue weighted by Crippen LogP contribution is 2.57. The lowest BCUT2D eigenvalue weighted by Crippen LogP contribution is -2.75. The van der Waals surface area contributed by atoms with Gasteiger partial charge in [-0.2, -0.15) is 0 Å².